The van der Waals surface area contributed by atoms with Gasteiger partial charge in [-0.3, -0.25) is 4.99 Å². The van der Waals surface area contributed by atoms with E-state index in [0.717, 1.165) is 5.56 Å². The largest absolute Gasteiger partial charge is 0.359 e. The summed E-state index contributed by atoms with van der Waals surface area (Å²) in [6.07, 6.45) is 0. The van der Waals surface area contributed by atoms with Gasteiger partial charge < -0.3 is 10.6 Å². The van der Waals surface area contributed by atoms with E-state index in [-0.39, 0.29) is 10.8 Å². The van der Waals surface area contributed by atoms with Crippen molar-refractivity contribution in [3.8, 4) is 0 Å². The van der Waals surface area contributed by atoms with Gasteiger partial charge in [0.15, 0.2) is 5.96 Å². The molecule has 0 aliphatic heterocycles. The van der Waals surface area contributed by atoms with E-state index < -0.39 is 10.0 Å². The van der Waals surface area contributed by atoms with Crippen LogP contribution >= 0.6 is 0 Å². The van der Waals surface area contributed by atoms with Gasteiger partial charge in [-0.05, 0) is 23.6 Å². The maximum absolute atomic E-state index is 12.1. The van der Waals surface area contributed by atoms with Gasteiger partial charge >= 0.3 is 0 Å². The van der Waals surface area contributed by atoms with Crippen LogP contribution in [0.2, 0.25) is 0 Å². The quantitative estimate of drug-likeness (QED) is 0.539. The van der Waals surface area contributed by atoms with Crippen molar-refractivity contribution in [2.45, 2.75) is 25.3 Å². The highest BCUT2D eigenvalue weighted by Gasteiger charge is 2.13. The monoisotopic (exact) mass is 312 g/mol. The second-order valence-electron chi connectivity index (χ2n) is 5.07. The summed E-state index contributed by atoms with van der Waals surface area (Å²) >= 11 is 0. The van der Waals surface area contributed by atoms with E-state index in [0.29, 0.717) is 19.0 Å². The Morgan fingerprint density at radius 3 is 2.33 bits per heavy atom. The summed E-state index contributed by atoms with van der Waals surface area (Å²) in [5.74, 6) is 0.960. The Morgan fingerprint density at radius 1 is 1.24 bits per heavy atom. The molecule has 0 atom stereocenters. The van der Waals surface area contributed by atoms with Crippen molar-refractivity contribution in [2.75, 3.05) is 20.6 Å². The molecule has 0 amide bonds. The molecule has 0 spiro atoms. The molecule has 0 bridgehead atoms. The van der Waals surface area contributed by atoms with Gasteiger partial charge in [-0.25, -0.2) is 13.1 Å². The van der Waals surface area contributed by atoms with Crippen LogP contribution in [0.1, 0.15) is 19.4 Å². The van der Waals surface area contributed by atoms with Crippen LogP contribution in [0.15, 0.2) is 34.2 Å². The number of guanidine groups is 1. The van der Waals surface area contributed by atoms with E-state index in [2.05, 4.69) is 20.3 Å². The summed E-state index contributed by atoms with van der Waals surface area (Å²) in [4.78, 5) is 4.29. The van der Waals surface area contributed by atoms with Crippen molar-refractivity contribution in [3.05, 3.63) is 29.8 Å². The lowest BCUT2D eigenvalue weighted by molar-refractivity contribution is 0.560. The molecule has 0 aliphatic carbocycles. The maximum Gasteiger partial charge on any atom is 0.240 e. The second-order valence-corrected chi connectivity index (χ2v) is 6.83. The molecule has 0 unspecified atom stereocenters. The minimum absolute atomic E-state index is 0.275. The molecule has 21 heavy (non-hydrogen) atoms. The van der Waals surface area contributed by atoms with Crippen molar-refractivity contribution in [1.82, 2.24) is 15.4 Å². The Morgan fingerprint density at radius 2 is 1.86 bits per heavy atom. The molecule has 0 fully saturated rings. The van der Waals surface area contributed by atoms with E-state index in [4.69, 9.17) is 0 Å². The molecule has 0 saturated heterocycles. The highest BCUT2D eigenvalue weighted by molar-refractivity contribution is 7.89. The van der Waals surface area contributed by atoms with Crippen LogP contribution in [0.4, 0.5) is 0 Å². The number of nitrogens with one attached hydrogen (secondary N) is 3. The first kappa shape index (κ1) is 17.5. The van der Waals surface area contributed by atoms with Gasteiger partial charge in [0, 0.05) is 27.2 Å². The third-order valence-electron chi connectivity index (χ3n) is 2.84. The smallest absolute Gasteiger partial charge is 0.240 e. The van der Waals surface area contributed by atoms with E-state index in [9.17, 15) is 8.42 Å². The number of sulfonamides is 1. The Labute approximate surface area is 127 Å². The van der Waals surface area contributed by atoms with E-state index in [1.54, 1.807) is 38.4 Å². The highest BCUT2D eigenvalue weighted by Crippen LogP contribution is 2.10. The fourth-order valence-corrected chi connectivity index (χ4v) is 2.83. The molecule has 1 aromatic rings. The standard InChI is InChI=1S/C14H24N4O2S/c1-11(2)9-18-21(19,20)13-7-5-12(6-8-13)10-17-14(15-3)16-4/h5-8,11,18H,9-10H2,1-4H3,(H2,15,16,17). The number of hydrogen-bond acceptors (Lipinski definition) is 3. The van der Waals surface area contributed by atoms with Gasteiger partial charge in [-0.15, -0.1) is 0 Å². The molecule has 1 rings (SSSR count). The van der Waals surface area contributed by atoms with Gasteiger partial charge in [-0.2, -0.15) is 0 Å². The number of benzene rings is 1. The first-order valence-corrected chi connectivity index (χ1v) is 8.34. The van der Waals surface area contributed by atoms with Crippen LogP contribution in [0, 0.1) is 5.92 Å². The van der Waals surface area contributed by atoms with Crippen molar-refractivity contribution >= 4 is 16.0 Å². The second kappa shape index (κ2) is 7.99. The molecular weight excluding hydrogens is 288 g/mol. The molecule has 118 valence electrons. The fraction of sp³-hybridized carbons (Fsp3) is 0.500. The molecule has 7 heteroatoms. The molecule has 0 heterocycles. The average Bonchev–Trinajstić information content (AvgIpc) is 2.47. The highest BCUT2D eigenvalue weighted by atomic mass is 32.2. The van der Waals surface area contributed by atoms with Crippen molar-refractivity contribution < 1.29 is 8.42 Å². The Kier molecular flexibility index (Phi) is 6.64. The third kappa shape index (κ3) is 5.73. The predicted molar refractivity (Wildman–Crippen MR) is 85.7 cm³/mol. The zero-order valence-electron chi connectivity index (χ0n) is 13.0. The average molecular weight is 312 g/mol. The molecule has 0 aromatic heterocycles. The zero-order valence-corrected chi connectivity index (χ0v) is 13.8. The molecule has 0 aliphatic rings. The van der Waals surface area contributed by atoms with Crippen molar-refractivity contribution in [1.29, 1.82) is 0 Å². The summed E-state index contributed by atoms with van der Waals surface area (Å²) in [7, 11) is 0.0533. The number of hydrogen-bond donors (Lipinski definition) is 3. The molecule has 6 nitrogen and oxygen atoms in total. The maximum atomic E-state index is 12.1. The lowest BCUT2D eigenvalue weighted by atomic mass is 10.2. The van der Waals surface area contributed by atoms with Crippen LogP contribution in [0.3, 0.4) is 0 Å². The topological polar surface area (TPSA) is 82.6 Å². The minimum Gasteiger partial charge on any atom is -0.359 e. The summed E-state index contributed by atoms with van der Waals surface area (Å²) in [6.45, 7) is 4.94. The number of aliphatic imine (C=N–C) groups is 1. The van der Waals surface area contributed by atoms with E-state index in [1.807, 2.05) is 13.8 Å². The van der Waals surface area contributed by atoms with Crippen molar-refractivity contribution in [2.24, 2.45) is 10.9 Å². The van der Waals surface area contributed by atoms with Gasteiger partial charge in [-0.1, -0.05) is 26.0 Å². The van der Waals surface area contributed by atoms with Crippen LogP contribution in [-0.2, 0) is 16.6 Å². The normalized spacial score (nSPS) is 12.5. The van der Waals surface area contributed by atoms with Gasteiger partial charge in [0.2, 0.25) is 10.0 Å². The van der Waals surface area contributed by atoms with Gasteiger partial charge in [0.25, 0.3) is 0 Å². The fourth-order valence-electron chi connectivity index (χ4n) is 1.61. The molecule has 0 saturated carbocycles. The van der Waals surface area contributed by atoms with E-state index in [1.165, 1.54) is 0 Å². The van der Waals surface area contributed by atoms with Crippen LogP contribution in [0.5, 0.6) is 0 Å². The molecule has 1 aromatic carbocycles. The lowest BCUT2D eigenvalue weighted by Gasteiger charge is -2.11. The van der Waals surface area contributed by atoms with Crippen LogP contribution in [-0.4, -0.2) is 35.0 Å². The van der Waals surface area contributed by atoms with Gasteiger partial charge in [0.1, 0.15) is 0 Å². The van der Waals surface area contributed by atoms with Crippen LogP contribution < -0.4 is 15.4 Å². The predicted octanol–water partition coefficient (Wildman–Crippen LogP) is 0.916. The first-order chi connectivity index (χ1) is 9.89. The van der Waals surface area contributed by atoms with Crippen LogP contribution in [0.25, 0.3) is 0 Å². The Balaban J connectivity index is 2.69. The summed E-state index contributed by atoms with van der Waals surface area (Å²) in [5, 5.41) is 6.03. The summed E-state index contributed by atoms with van der Waals surface area (Å²) in [6, 6.07) is 6.81. The summed E-state index contributed by atoms with van der Waals surface area (Å²) < 4.78 is 26.7. The third-order valence-corrected chi connectivity index (χ3v) is 4.28. The minimum atomic E-state index is -3.42. The molecule has 3 N–H and O–H groups in total. The number of nitrogens with zero attached hydrogens (tertiary/aromatic N) is 1. The number of rotatable bonds is 6. The summed E-state index contributed by atoms with van der Waals surface area (Å²) in [5.41, 5.74) is 0.981. The molecular formula is C14H24N4O2S. The Hall–Kier alpha value is -1.60. The van der Waals surface area contributed by atoms with E-state index >= 15 is 0 Å². The van der Waals surface area contributed by atoms with Crippen molar-refractivity contribution in [3.63, 3.8) is 0 Å². The zero-order chi connectivity index (χ0) is 15.9. The SMILES string of the molecule is CN=C(NC)NCc1ccc(S(=O)(=O)NCC(C)C)cc1. The Bertz CT molecular complexity index is 565. The first-order valence-electron chi connectivity index (χ1n) is 6.86. The van der Waals surface area contributed by atoms with Gasteiger partial charge in [0.05, 0.1) is 4.90 Å². The lowest BCUT2D eigenvalue weighted by Crippen LogP contribution is -2.34. The molecule has 0 radical (unpaired) electrons.